The fourth-order valence-corrected chi connectivity index (χ4v) is 3.19. The first-order valence-corrected chi connectivity index (χ1v) is 8.19. The second-order valence-corrected chi connectivity index (χ2v) is 6.28. The molecule has 0 spiro atoms. The third-order valence-corrected chi connectivity index (χ3v) is 4.81. The van der Waals surface area contributed by atoms with Crippen LogP contribution in [0.15, 0.2) is 30.6 Å². The Morgan fingerprint density at radius 3 is 2.67 bits per heavy atom. The van der Waals surface area contributed by atoms with Gasteiger partial charge in [0.25, 0.3) is 0 Å². The molecule has 1 fully saturated rings. The number of hydrogen-bond acceptors (Lipinski definition) is 2. The monoisotopic (exact) mass is 323 g/mol. The summed E-state index contributed by atoms with van der Waals surface area (Å²) in [4.78, 5) is 2.51. The highest BCUT2D eigenvalue weighted by molar-refractivity contribution is 6.43. The van der Waals surface area contributed by atoms with Crippen LogP contribution in [0.3, 0.4) is 0 Å². The van der Waals surface area contributed by atoms with Crippen molar-refractivity contribution in [3.63, 3.8) is 0 Å². The van der Waals surface area contributed by atoms with E-state index in [1.54, 1.807) is 6.07 Å². The van der Waals surface area contributed by atoms with E-state index in [2.05, 4.69) is 10.00 Å². The van der Waals surface area contributed by atoms with Crippen LogP contribution in [0.1, 0.15) is 19.3 Å². The quantitative estimate of drug-likeness (QED) is 0.834. The molecule has 3 rings (SSSR count). The Hall–Kier alpha value is -1.03. The largest absolute Gasteiger partial charge is 0.301 e. The maximum atomic E-state index is 6.26. The molecule has 0 atom stereocenters. The van der Waals surface area contributed by atoms with Crippen LogP contribution in [-0.2, 0) is 6.54 Å². The van der Waals surface area contributed by atoms with E-state index in [-0.39, 0.29) is 0 Å². The fraction of sp³-hybridized carbons (Fsp3) is 0.438. The van der Waals surface area contributed by atoms with E-state index in [0.29, 0.717) is 10.0 Å². The molecule has 0 amide bonds. The molecule has 2 heterocycles. The van der Waals surface area contributed by atoms with Gasteiger partial charge in [-0.1, -0.05) is 41.8 Å². The normalized spacial score (nSPS) is 16.3. The molecule has 0 unspecified atom stereocenters. The number of nitrogens with zero attached hydrogens (tertiary/aromatic N) is 3. The van der Waals surface area contributed by atoms with Crippen LogP contribution in [-0.4, -0.2) is 34.3 Å². The van der Waals surface area contributed by atoms with E-state index in [4.69, 9.17) is 23.2 Å². The van der Waals surface area contributed by atoms with Gasteiger partial charge >= 0.3 is 0 Å². The molecule has 0 saturated carbocycles. The zero-order valence-corrected chi connectivity index (χ0v) is 13.4. The Labute approximate surface area is 135 Å². The SMILES string of the molecule is Clc1cccc(-c2cnn(CCN3CCCCC3)c2)c1Cl. The first kappa shape index (κ1) is 14.9. The van der Waals surface area contributed by atoms with E-state index in [9.17, 15) is 0 Å². The number of halogens is 2. The molecule has 1 saturated heterocycles. The molecule has 5 heteroatoms. The van der Waals surface area contributed by atoms with Crippen LogP contribution in [0.4, 0.5) is 0 Å². The van der Waals surface area contributed by atoms with Crippen molar-refractivity contribution >= 4 is 23.2 Å². The molecule has 0 aliphatic carbocycles. The molecule has 0 bridgehead atoms. The molecule has 1 aromatic carbocycles. The maximum absolute atomic E-state index is 6.26. The van der Waals surface area contributed by atoms with Gasteiger partial charge in [0.05, 0.1) is 22.8 Å². The predicted octanol–water partition coefficient (Wildman–Crippen LogP) is 4.34. The Morgan fingerprint density at radius 2 is 1.86 bits per heavy atom. The molecule has 1 aliphatic rings. The molecule has 21 heavy (non-hydrogen) atoms. The Balaban J connectivity index is 1.67. The number of piperidine rings is 1. The lowest BCUT2D eigenvalue weighted by Crippen LogP contribution is -2.32. The molecular weight excluding hydrogens is 305 g/mol. The van der Waals surface area contributed by atoms with Crippen LogP contribution >= 0.6 is 23.2 Å². The first-order valence-electron chi connectivity index (χ1n) is 7.43. The van der Waals surface area contributed by atoms with Crippen LogP contribution in [0, 0.1) is 0 Å². The van der Waals surface area contributed by atoms with Gasteiger partial charge in [0.1, 0.15) is 0 Å². The maximum Gasteiger partial charge on any atom is 0.0671 e. The molecule has 2 aromatic rings. The summed E-state index contributed by atoms with van der Waals surface area (Å²) in [6, 6.07) is 5.68. The highest BCUT2D eigenvalue weighted by Gasteiger charge is 2.11. The van der Waals surface area contributed by atoms with Crippen molar-refractivity contribution in [1.82, 2.24) is 14.7 Å². The van der Waals surface area contributed by atoms with Crippen molar-refractivity contribution in [2.24, 2.45) is 0 Å². The first-order chi connectivity index (χ1) is 10.2. The number of rotatable bonds is 4. The van der Waals surface area contributed by atoms with Gasteiger partial charge in [-0.2, -0.15) is 5.10 Å². The summed E-state index contributed by atoms with van der Waals surface area (Å²) in [6.07, 6.45) is 7.91. The minimum absolute atomic E-state index is 0.579. The van der Waals surface area contributed by atoms with Crippen molar-refractivity contribution in [2.45, 2.75) is 25.8 Å². The second-order valence-electron chi connectivity index (χ2n) is 5.50. The number of likely N-dealkylation sites (tertiary alicyclic amines) is 1. The summed E-state index contributed by atoms with van der Waals surface area (Å²) < 4.78 is 1.99. The average molecular weight is 324 g/mol. The van der Waals surface area contributed by atoms with E-state index in [0.717, 1.165) is 24.2 Å². The van der Waals surface area contributed by atoms with Crippen molar-refractivity contribution in [1.29, 1.82) is 0 Å². The number of benzene rings is 1. The Bertz CT molecular complexity index is 603. The van der Waals surface area contributed by atoms with Gasteiger partial charge in [-0.25, -0.2) is 0 Å². The summed E-state index contributed by atoms with van der Waals surface area (Å²) in [5, 5.41) is 5.61. The minimum Gasteiger partial charge on any atom is -0.301 e. The molecule has 3 nitrogen and oxygen atoms in total. The molecule has 0 N–H and O–H groups in total. The van der Waals surface area contributed by atoms with Gasteiger partial charge < -0.3 is 4.90 Å². The third kappa shape index (κ3) is 3.60. The lowest BCUT2D eigenvalue weighted by molar-refractivity contribution is 0.218. The van der Waals surface area contributed by atoms with Crippen LogP contribution in [0.25, 0.3) is 11.1 Å². The standard InChI is InChI=1S/C16H19Cl2N3/c17-15-6-4-5-14(16(15)18)13-11-19-21(12-13)10-9-20-7-2-1-3-8-20/h4-6,11-12H,1-3,7-10H2. The van der Waals surface area contributed by atoms with E-state index >= 15 is 0 Å². The van der Waals surface area contributed by atoms with Crippen molar-refractivity contribution in [3.05, 3.63) is 40.6 Å². The summed E-state index contributed by atoms with van der Waals surface area (Å²) >= 11 is 12.3. The zero-order chi connectivity index (χ0) is 14.7. The van der Waals surface area contributed by atoms with Crippen molar-refractivity contribution < 1.29 is 0 Å². The van der Waals surface area contributed by atoms with E-state index < -0.39 is 0 Å². The van der Waals surface area contributed by atoms with Gasteiger partial charge in [-0.3, -0.25) is 4.68 Å². The zero-order valence-electron chi connectivity index (χ0n) is 11.9. The minimum atomic E-state index is 0.579. The lowest BCUT2D eigenvalue weighted by Gasteiger charge is -2.26. The number of aromatic nitrogens is 2. The summed E-state index contributed by atoms with van der Waals surface area (Å²) in [5.74, 6) is 0. The molecule has 112 valence electrons. The Morgan fingerprint density at radius 1 is 1.05 bits per heavy atom. The van der Waals surface area contributed by atoms with Gasteiger partial charge in [-0.05, 0) is 32.0 Å². The van der Waals surface area contributed by atoms with Crippen molar-refractivity contribution in [2.75, 3.05) is 19.6 Å². The summed E-state index contributed by atoms with van der Waals surface area (Å²) in [7, 11) is 0. The molecular formula is C16H19Cl2N3. The predicted molar refractivity (Wildman–Crippen MR) is 88.0 cm³/mol. The molecule has 0 radical (unpaired) electrons. The van der Waals surface area contributed by atoms with Crippen LogP contribution in [0.2, 0.25) is 10.0 Å². The third-order valence-electron chi connectivity index (χ3n) is 3.99. The van der Waals surface area contributed by atoms with Crippen LogP contribution < -0.4 is 0 Å². The van der Waals surface area contributed by atoms with Gasteiger partial charge in [-0.15, -0.1) is 0 Å². The molecule has 1 aromatic heterocycles. The highest BCUT2D eigenvalue weighted by atomic mass is 35.5. The molecule has 1 aliphatic heterocycles. The fourth-order valence-electron chi connectivity index (χ4n) is 2.78. The second kappa shape index (κ2) is 6.82. The van der Waals surface area contributed by atoms with Crippen molar-refractivity contribution in [3.8, 4) is 11.1 Å². The van der Waals surface area contributed by atoms with Gasteiger partial charge in [0.2, 0.25) is 0 Å². The topological polar surface area (TPSA) is 21.1 Å². The van der Waals surface area contributed by atoms with Gasteiger partial charge in [0.15, 0.2) is 0 Å². The smallest absolute Gasteiger partial charge is 0.0671 e. The van der Waals surface area contributed by atoms with E-state index in [1.165, 1.54) is 32.4 Å². The lowest BCUT2D eigenvalue weighted by atomic mass is 10.1. The van der Waals surface area contributed by atoms with Crippen LogP contribution in [0.5, 0.6) is 0 Å². The summed E-state index contributed by atoms with van der Waals surface area (Å²) in [6.45, 7) is 4.41. The van der Waals surface area contributed by atoms with Gasteiger partial charge in [0, 0.05) is 23.9 Å². The summed E-state index contributed by atoms with van der Waals surface area (Å²) in [5.41, 5.74) is 1.95. The van der Waals surface area contributed by atoms with E-state index in [1.807, 2.05) is 29.2 Å². The Kier molecular flexibility index (Phi) is 4.84. The highest BCUT2D eigenvalue weighted by Crippen LogP contribution is 2.33. The number of hydrogen-bond donors (Lipinski definition) is 0. The average Bonchev–Trinajstić information content (AvgIpc) is 2.98.